The first-order chi connectivity index (χ1) is 8.74. The first kappa shape index (κ1) is 14.4. The summed E-state index contributed by atoms with van der Waals surface area (Å²) >= 11 is 0. The Labute approximate surface area is 114 Å². The van der Waals surface area contributed by atoms with Crippen molar-refractivity contribution < 1.29 is 4.74 Å². The number of fused-ring (bicyclic) bond motifs is 1. The van der Waals surface area contributed by atoms with Gasteiger partial charge in [0.2, 0.25) is 0 Å². The minimum absolute atomic E-state index is 0.486. The fraction of sp³-hybridized carbons (Fsp3) is 1.00. The van der Waals surface area contributed by atoms with Gasteiger partial charge in [-0.3, -0.25) is 0 Å². The third-order valence-electron chi connectivity index (χ3n) is 5.25. The minimum atomic E-state index is 0.486. The molecule has 0 spiro atoms. The molecule has 0 amide bonds. The fourth-order valence-corrected chi connectivity index (χ4v) is 3.94. The van der Waals surface area contributed by atoms with E-state index < -0.39 is 0 Å². The molecule has 1 heterocycles. The van der Waals surface area contributed by atoms with Crippen LogP contribution in [0.15, 0.2) is 0 Å². The quantitative estimate of drug-likeness (QED) is 0.601. The van der Waals surface area contributed by atoms with Crippen LogP contribution in [0, 0.1) is 5.41 Å². The van der Waals surface area contributed by atoms with Crippen LogP contribution in [0.3, 0.4) is 0 Å². The Hall–Kier alpha value is -0.0400. The van der Waals surface area contributed by atoms with E-state index in [0.29, 0.717) is 17.6 Å². The van der Waals surface area contributed by atoms with Crippen LogP contribution in [-0.4, -0.2) is 12.2 Å². The van der Waals surface area contributed by atoms with Crippen molar-refractivity contribution in [2.24, 2.45) is 5.41 Å². The maximum absolute atomic E-state index is 6.32. The summed E-state index contributed by atoms with van der Waals surface area (Å²) in [6, 6.07) is 0. The Morgan fingerprint density at radius 2 is 1.56 bits per heavy atom. The maximum atomic E-state index is 6.32. The lowest BCUT2D eigenvalue weighted by Gasteiger charge is -2.30. The Morgan fingerprint density at radius 3 is 2.22 bits per heavy atom. The molecule has 1 saturated carbocycles. The summed E-state index contributed by atoms with van der Waals surface area (Å²) in [4.78, 5) is 0. The highest BCUT2D eigenvalue weighted by molar-refractivity contribution is 4.92. The molecule has 2 fully saturated rings. The molecular formula is C17H32O. The standard InChI is InChI=1S/C17H32O/c1-3-15-14-17(2)13-11-9-7-5-4-6-8-10-12-16(17)18-15/h15-16H,3-14H2,1-2H3. The van der Waals surface area contributed by atoms with Gasteiger partial charge in [0.05, 0.1) is 12.2 Å². The average Bonchev–Trinajstić information content (AvgIpc) is 2.67. The van der Waals surface area contributed by atoms with E-state index in [1.807, 2.05) is 0 Å². The van der Waals surface area contributed by atoms with E-state index >= 15 is 0 Å². The van der Waals surface area contributed by atoms with Crippen LogP contribution in [0.2, 0.25) is 0 Å². The second-order valence-corrected chi connectivity index (χ2v) is 6.88. The van der Waals surface area contributed by atoms with E-state index in [0.717, 1.165) is 0 Å². The smallest absolute Gasteiger partial charge is 0.0633 e. The maximum Gasteiger partial charge on any atom is 0.0633 e. The van der Waals surface area contributed by atoms with Crippen molar-refractivity contribution in [3.8, 4) is 0 Å². The van der Waals surface area contributed by atoms with E-state index in [1.165, 1.54) is 77.0 Å². The first-order valence-electron chi connectivity index (χ1n) is 8.40. The molecule has 0 radical (unpaired) electrons. The molecule has 2 aliphatic rings. The summed E-state index contributed by atoms with van der Waals surface area (Å²) in [6.07, 6.45) is 17.8. The van der Waals surface area contributed by atoms with Crippen LogP contribution in [-0.2, 0) is 4.74 Å². The Morgan fingerprint density at radius 1 is 0.944 bits per heavy atom. The highest BCUT2D eigenvalue weighted by Gasteiger charge is 2.43. The molecule has 1 heteroatoms. The molecular weight excluding hydrogens is 220 g/mol. The third-order valence-corrected chi connectivity index (χ3v) is 5.25. The monoisotopic (exact) mass is 252 g/mol. The minimum Gasteiger partial charge on any atom is -0.374 e. The van der Waals surface area contributed by atoms with Gasteiger partial charge in [-0.2, -0.15) is 0 Å². The molecule has 0 N–H and O–H groups in total. The predicted molar refractivity (Wildman–Crippen MR) is 77.8 cm³/mol. The van der Waals surface area contributed by atoms with Gasteiger partial charge >= 0.3 is 0 Å². The van der Waals surface area contributed by atoms with E-state index in [1.54, 1.807) is 0 Å². The molecule has 1 nitrogen and oxygen atoms in total. The number of hydrogen-bond acceptors (Lipinski definition) is 1. The van der Waals surface area contributed by atoms with Crippen LogP contribution in [0.4, 0.5) is 0 Å². The number of ether oxygens (including phenoxy) is 1. The molecule has 3 unspecified atom stereocenters. The molecule has 1 aliphatic carbocycles. The molecule has 3 atom stereocenters. The average molecular weight is 252 g/mol. The molecule has 18 heavy (non-hydrogen) atoms. The topological polar surface area (TPSA) is 9.23 Å². The molecule has 0 aromatic heterocycles. The summed E-state index contributed by atoms with van der Waals surface area (Å²) in [5.41, 5.74) is 0.486. The van der Waals surface area contributed by atoms with Gasteiger partial charge in [0.1, 0.15) is 0 Å². The Bertz CT molecular complexity index is 238. The van der Waals surface area contributed by atoms with Crippen molar-refractivity contribution in [3.63, 3.8) is 0 Å². The van der Waals surface area contributed by atoms with Crippen LogP contribution in [0.1, 0.15) is 90.9 Å². The molecule has 2 rings (SSSR count). The summed E-state index contributed by atoms with van der Waals surface area (Å²) in [7, 11) is 0. The van der Waals surface area contributed by atoms with Crippen LogP contribution in [0.25, 0.3) is 0 Å². The summed E-state index contributed by atoms with van der Waals surface area (Å²) in [6.45, 7) is 4.78. The van der Waals surface area contributed by atoms with Crippen molar-refractivity contribution in [1.82, 2.24) is 0 Å². The van der Waals surface area contributed by atoms with Crippen molar-refractivity contribution in [3.05, 3.63) is 0 Å². The fourth-order valence-electron chi connectivity index (χ4n) is 3.94. The van der Waals surface area contributed by atoms with Gasteiger partial charge in [0, 0.05) is 0 Å². The lowest BCUT2D eigenvalue weighted by atomic mass is 9.75. The summed E-state index contributed by atoms with van der Waals surface area (Å²) in [5.74, 6) is 0. The van der Waals surface area contributed by atoms with Crippen LogP contribution >= 0.6 is 0 Å². The van der Waals surface area contributed by atoms with E-state index in [4.69, 9.17) is 4.74 Å². The molecule has 0 aromatic carbocycles. The van der Waals surface area contributed by atoms with Crippen molar-refractivity contribution in [2.75, 3.05) is 0 Å². The number of hydrogen-bond donors (Lipinski definition) is 0. The van der Waals surface area contributed by atoms with Gasteiger partial charge in [-0.05, 0) is 31.1 Å². The van der Waals surface area contributed by atoms with Gasteiger partial charge in [-0.25, -0.2) is 0 Å². The molecule has 1 saturated heterocycles. The summed E-state index contributed by atoms with van der Waals surface area (Å²) < 4.78 is 6.32. The second kappa shape index (κ2) is 6.93. The van der Waals surface area contributed by atoms with Gasteiger partial charge in [-0.1, -0.05) is 65.2 Å². The highest BCUT2D eigenvalue weighted by Crippen LogP contribution is 2.45. The Kier molecular flexibility index (Phi) is 5.54. The lowest BCUT2D eigenvalue weighted by molar-refractivity contribution is 0.00475. The second-order valence-electron chi connectivity index (χ2n) is 6.88. The first-order valence-corrected chi connectivity index (χ1v) is 8.40. The zero-order valence-electron chi connectivity index (χ0n) is 12.5. The normalized spacial score (nSPS) is 39.7. The van der Waals surface area contributed by atoms with E-state index in [-0.39, 0.29) is 0 Å². The van der Waals surface area contributed by atoms with Gasteiger partial charge in [0.15, 0.2) is 0 Å². The molecule has 1 aliphatic heterocycles. The van der Waals surface area contributed by atoms with Gasteiger partial charge in [0.25, 0.3) is 0 Å². The third kappa shape index (κ3) is 3.73. The molecule has 0 aromatic rings. The van der Waals surface area contributed by atoms with E-state index in [2.05, 4.69) is 13.8 Å². The van der Waals surface area contributed by atoms with Gasteiger partial charge < -0.3 is 4.74 Å². The van der Waals surface area contributed by atoms with Crippen LogP contribution < -0.4 is 0 Å². The van der Waals surface area contributed by atoms with Crippen molar-refractivity contribution in [2.45, 2.75) is 103 Å². The zero-order chi connectivity index (χ0) is 12.8. The number of rotatable bonds is 1. The lowest BCUT2D eigenvalue weighted by Crippen LogP contribution is -2.27. The summed E-state index contributed by atoms with van der Waals surface area (Å²) in [5, 5.41) is 0. The van der Waals surface area contributed by atoms with Crippen molar-refractivity contribution >= 4 is 0 Å². The highest BCUT2D eigenvalue weighted by atomic mass is 16.5. The molecule has 0 bridgehead atoms. The molecule has 106 valence electrons. The Balaban J connectivity index is 1.93. The van der Waals surface area contributed by atoms with Crippen LogP contribution in [0.5, 0.6) is 0 Å². The largest absolute Gasteiger partial charge is 0.374 e. The van der Waals surface area contributed by atoms with Crippen molar-refractivity contribution in [1.29, 1.82) is 0 Å². The zero-order valence-corrected chi connectivity index (χ0v) is 12.5. The van der Waals surface area contributed by atoms with Gasteiger partial charge in [-0.15, -0.1) is 0 Å². The SMILES string of the molecule is CCC1CC2(C)CCCCCCCCCCC2O1. The van der Waals surface area contributed by atoms with E-state index in [9.17, 15) is 0 Å². The predicted octanol–water partition coefficient (Wildman–Crippen LogP) is 5.47.